The number of rotatable bonds is 5. The van der Waals surface area contributed by atoms with Gasteiger partial charge in [0.15, 0.2) is 5.96 Å². The number of aliphatic carboxylic acids is 1. The molecule has 0 spiro atoms. The van der Waals surface area contributed by atoms with E-state index in [0.717, 1.165) is 0 Å². The molecule has 1 unspecified atom stereocenters. The highest BCUT2D eigenvalue weighted by Gasteiger charge is 2.09. The first-order valence-corrected chi connectivity index (χ1v) is 4.49. The maximum absolute atomic E-state index is 10.2. The van der Waals surface area contributed by atoms with Crippen LogP contribution in [0.3, 0.4) is 0 Å². The highest BCUT2D eigenvalue weighted by Crippen LogP contribution is 1.92. The molecule has 15 heavy (non-hydrogen) atoms. The van der Waals surface area contributed by atoms with Crippen molar-refractivity contribution in [2.45, 2.75) is 18.9 Å². The minimum absolute atomic E-state index is 0.112. The van der Waals surface area contributed by atoms with Gasteiger partial charge in [-0.25, -0.2) is 0 Å². The van der Waals surface area contributed by atoms with Gasteiger partial charge in [-0.2, -0.15) is 5.26 Å². The number of carboxylic acid groups (broad SMARTS) is 1. The molecule has 8 heteroatoms. The Morgan fingerprint density at radius 1 is 1.73 bits per heavy atom. The Labute approximate surface area is 93.4 Å². The molecule has 0 aromatic rings. The van der Waals surface area contributed by atoms with E-state index < -0.39 is 12.0 Å². The zero-order valence-electron chi connectivity index (χ0n) is 8.10. The molecular weight excluding hydrogens is 218 g/mol. The molecule has 0 heterocycles. The smallest absolute Gasteiger partial charge is 0.320 e. The van der Waals surface area contributed by atoms with Crippen LogP contribution in [0.1, 0.15) is 12.8 Å². The first kappa shape index (κ1) is 16.0. The molecule has 0 aromatic carbocycles. The summed E-state index contributed by atoms with van der Waals surface area (Å²) in [5.74, 6) is -1.11. The van der Waals surface area contributed by atoms with Gasteiger partial charge in [-0.1, -0.05) is 12.6 Å². The lowest BCUT2D eigenvalue weighted by atomic mass is 10.2. The van der Waals surface area contributed by atoms with Gasteiger partial charge in [-0.05, 0) is 12.8 Å². The van der Waals surface area contributed by atoms with Crippen LogP contribution in [-0.4, -0.2) is 29.6 Å². The fourth-order valence-corrected chi connectivity index (χ4v) is 0.669. The Bertz CT molecular complexity index is 240. The number of thiol groups is 1. The van der Waals surface area contributed by atoms with Crippen molar-refractivity contribution in [2.24, 2.45) is 11.5 Å². The second-order valence-electron chi connectivity index (χ2n) is 2.53. The minimum Gasteiger partial charge on any atom is -0.480 e. The molecule has 0 saturated carbocycles. The van der Waals surface area contributed by atoms with Crippen LogP contribution in [-0.2, 0) is 4.79 Å². The van der Waals surface area contributed by atoms with Gasteiger partial charge in [-0.15, -0.1) is 0 Å². The molecular formula is C7H15N5O2S. The van der Waals surface area contributed by atoms with Crippen molar-refractivity contribution in [3.05, 3.63) is 0 Å². The monoisotopic (exact) mass is 233 g/mol. The molecule has 0 aliphatic rings. The summed E-state index contributed by atoms with van der Waals surface area (Å²) >= 11 is 3.09. The van der Waals surface area contributed by atoms with E-state index in [1.807, 2.05) is 0 Å². The minimum atomic E-state index is -1.00. The van der Waals surface area contributed by atoms with E-state index in [1.54, 1.807) is 0 Å². The topological polar surface area (TPSA) is 149 Å². The van der Waals surface area contributed by atoms with Crippen molar-refractivity contribution in [3.63, 3.8) is 0 Å². The highest BCUT2D eigenvalue weighted by molar-refractivity contribution is 7.85. The van der Waals surface area contributed by atoms with Crippen molar-refractivity contribution in [1.29, 1.82) is 10.7 Å². The van der Waals surface area contributed by atoms with E-state index in [4.69, 9.17) is 27.2 Å². The van der Waals surface area contributed by atoms with Crippen LogP contribution in [0.2, 0.25) is 0 Å². The molecule has 0 fully saturated rings. The zero-order chi connectivity index (χ0) is 12.3. The number of carboxylic acids is 1. The van der Waals surface area contributed by atoms with Crippen LogP contribution >= 0.6 is 12.6 Å². The Morgan fingerprint density at radius 2 is 2.20 bits per heavy atom. The number of guanidine groups is 1. The average molecular weight is 233 g/mol. The largest absolute Gasteiger partial charge is 0.480 e. The fourth-order valence-electron chi connectivity index (χ4n) is 0.669. The van der Waals surface area contributed by atoms with Crippen LogP contribution in [0.4, 0.5) is 0 Å². The maximum atomic E-state index is 10.2. The number of nitrogens with two attached hydrogens (primary N) is 2. The van der Waals surface area contributed by atoms with Gasteiger partial charge in [0, 0.05) is 6.54 Å². The summed E-state index contributed by atoms with van der Waals surface area (Å²) in [7, 11) is 0. The second kappa shape index (κ2) is 10.6. The average Bonchev–Trinajstić information content (AvgIpc) is 2.12. The summed E-state index contributed by atoms with van der Waals surface area (Å²) in [5, 5.41) is 26.3. The number of hydrogen-bond donors (Lipinski definition) is 6. The second-order valence-corrected chi connectivity index (χ2v) is 2.73. The summed E-state index contributed by atoms with van der Waals surface area (Å²) in [6, 6.07) is -0.821. The van der Waals surface area contributed by atoms with E-state index in [0.29, 0.717) is 19.4 Å². The molecule has 0 aromatic heterocycles. The quantitative estimate of drug-likeness (QED) is 0.119. The van der Waals surface area contributed by atoms with E-state index >= 15 is 0 Å². The standard InChI is InChI=1S/C6H14N4O2.CHNS/c7-4(5(11)12)2-1-3-10-6(8)9;2-1-3/h4H,1-3,7H2,(H,11,12)(H4,8,9,10);3H. The lowest BCUT2D eigenvalue weighted by Crippen LogP contribution is -2.34. The van der Waals surface area contributed by atoms with Crippen LogP contribution in [0.25, 0.3) is 0 Å². The molecule has 0 rings (SSSR count). The third-order valence-corrected chi connectivity index (χ3v) is 1.32. The van der Waals surface area contributed by atoms with E-state index in [-0.39, 0.29) is 5.96 Å². The summed E-state index contributed by atoms with van der Waals surface area (Å²) in [4.78, 5) is 10.2. The molecule has 0 bridgehead atoms. The predicted molar refractivity (Wildman–Crippen MR) is 59.4 cm³/mol. The van der Waals surface area contributed by atoms with Gasteiger partial charge in [0.25, 0.3) is 0 Å². The number of thiocyanates is 1. The first-order chi connectivity index (χ1) is 6.95. The Kier molecular flexibility index (Phi) is 11.3. The molecule has 7 nitrogen and oxygen atoms in total. The van der Waals surface area contributed by atoms with Gasteiger partial charge in [-0.3, -0.25) is 10.2 Å². The highest BCUT2D eigenvalue weighted by atomic mass is 32.1. The van der Waals surface area contributed by atoms with E-state index in [9.17, 15) is 4.79 Å². The molecule has 0 radical (unpaired) electrons. The predicted octanol–water partition coefficient (Wildman–Crippen LogP) is -0.941. The fraction of sp³-hybridized carbons (Fsp3) is 0.571. The molecule has 0 aliphatic carbocycles. The number of nitriles is 1. The summed E-state index contributed by atoms with van der Waals surface area (Å²) in [6.45, 7) is 0.482. The van der Waals surface area contributed by atoms with Gasteiger partial charge < -0.3 is 21.9 Å². The molecule has 1 atom stereocenters. The molecule has 0 amide bonds. The van der Waals surface area contributed by atoms with Crippen LogP contribution in [0.15, 0.2) is 0 Å². The van der Waals surface area contributed by atoms with Gasteiger partial charge in [0.05, 0.1) is 0 Å². The molecule has 0 aliphatic heterocycles. The lowest BCUT2D eigenvalue weighted by molar-refractivity contribution is -0.138. The number of nitrogens with one attached hydrogen (secondary N) is 2. The van der Waals surface area contributed by atoms with E-state index in [2.05, 4.69) is 17.9 Å². The number of hydrogen-bond acceptors (Lipinski definition) is 5. The zero-order valence-corrected chi connectivity index (χ0v) is 9.00. The Hall–Kier alpha value is -1.46. The third kappa shape index (κ3) is 15.3. The summed E-state index contributed by atoms with van der Waals surface area (Å²) < 4.78 is 0. The summed E-state index contributed by atoms with van der Waals surface area (Å²) in [5.41, 5.74) is 10.2. The number of nitrogens with zero attached hydrogens (tertiary/aromatic N) is 1. The Morgan fingerprint density at radius 3 is 2.53 bits per heavy atom. The number of carbonyl (C=O) groups is 1. The van der Waals surface area contributed by atoms with Crippen molar-refractivity contribution < 1.29 is 9.90 Å². The van der Waals surface area contributed by atoms with Crippen molar-refractivity contribution in [2.75, 3.05) is 6.54 Å². The van der Waals surface area contributed by atoms with Crippen molar-refractivity contribution >= 4 is 24.6 Å². The van der Waals surface area contributed by atoms with Crippen LogP contribution < -0.4 is 16.8 Å². The maximum Gasteiger partial charge on any atom is 0.320 e. The Balaban J connectivity index is 0. The van der Waals surface area contributed by atoms with Gasteiger partial charge >= 0.3 is 5.97 Å². The molecule has 7 N–H and O–H groups in total. The van der Waals surface area contributed by atoms with E-state index in [1.165, 1.54) is 5.40 Å². The van der Waals surface area contributed by atoms with Crippen molar-refractivity contribution in [1.82, 2.24) is 5.32 Å². The SMILES string of the molecule is N#CS.N=C(N)NCCCC(N)C(=O)O. The lowest BCUT2D eigenvalue weighted by Gasteiger charge is -2.06. The molecule has 0 saturated heterocycles. The third-order valence-electron chi connectivity index (χ3n) is 1.32. The van der Waals surface area contributed by atoms with Crippen molar-refractivity contribution in [3.8, 4) is 5.40 Å². The normalized spacial score (nSPS) is 10.2. The summed E-state index contributed by atoms with van der Waals surface area (Å²) in [6.07, 6.45) is 0.975. The van der Waals surface area contributed by atoms with Gasteiger partial charge in [0.1, 0.15) is 11.4 Å². The van der Waals surface area contributed by atoms with Crippen LogP contribution in [0.5, 0.6) is 0 Å². The molecule has 86 valence electrons. The van der Waals surface area contributed by atoms with Gasteiger partial charge in [0.2, 0.25) is 0 Å². The first-order valence-electron chi connectivity index (χ1n) is 4.05. The van der Waals surface area contributed by atoms with Crippen LogP contribution in [0, 0.1) is 16.1 Å².